The van der Waals surface area contributed by atoms with Crippen LogP contribution in [0.25, 0.3) is 10.2 Å². The number of nitrogens with zero attached hydrogens (tertiary/aromatic N) is 5. The lowest BCUT2D eigenvalue weighted by atomic mass is 10.3. The van der Waals surface area contributed by atoms with Gasteiger partial charge in [-0.3, -0.25) is 18.6 Å². The lowest BCUT2D eigenvalue weighted by Crippen LogP contribution is -2.40. The molecule has 37 heavy (non-hydrogen) atoms. The first kappa shape index (κ1) is 26.0. The van der Waals surface area contributed by atoms with Crippen molar-refractivity contribution < 1.29 is 13.2 Å². The molecule has 4 aromatic rings. The van der Waals surface area contributed by atoms with Gasteiger partial charge in [-0.2, -0.15) is 5.10 Å². The Balaban J connectivity index is 1.63. The topological polar surface area (TPSA) is 130 Å². The molecule has 0 aliphatic heterocycles. The largest absolute Gasteiger partial charge is 0.383 e. The molecule has 0 spiro atoms. The summed E-state index contributed by atoms with van der Waals surface area (Å²) in [5, 5.41) is 5.33. The van der Waals surface area contributed by atoms with Crippen molar-refractivity contribution in [3.63, 3.8) is 0 Å². The Morgan fingerprint density at radius 3 is 2.57 bits per heavy atom. The summed E-state index contributed by atoms with van der Waals surface area (Å²) in [5.74, 6) is 0. The maximum Gasteiger partial charge on any atom is 0.332 e. The Kier molecular flexibility index (Phi) is 6.73. The van der Waals surface area contributed by atoms with Gasteiger partial charge in [0.2, 0.25) is 0 Å². The molecule has 1 aliphatic carbocycles. The highest BCUT2D eigenvalue weighted by atomic mass is 32.2. The molecule has 0 saturated heterocycles. The number of thiazole rings is 1. The van der Waals surface area contributed by atoms with Crippen molar-refractivity contribution in [1.82, 2.24) is 28.6 Å². The number of ether oxygens (including phenoxy) is 1. The molecule has 0 amide bonds. The summed E-state index contributed by atoms with van der Waals surface area (Å²) in [6.45, 7) is 6.82. The lowest BCUT2D eigenvalue weighted by Gasteiger charge is -2.11. The van der Waals surface area contributed by atoms with Gasteiger partial charge in [-0.1, -0.05) is 0 Å². The number of rotatable bonds is 10. The summed E-state index contributed by atoms with van der Waals surface area (Å²) in [5.41, 5.74) is -0.0337. The van der Waals surface area contributed by atoms with Gasteiger partial charge in [-0.25, -0.2) is 22.9 Å². The van der Waals surface area contributed by atoms with Crippen LogP contribution in [0.4, 0.5) is 0 Å². The van der Waals surface area contributed by atoms with Gasteiger partial charge in [0, 0.05) is 29.3 Å². The second-order valence-corrected chi connectivity index (χ2v) is 13.8. The van der Waals surface area contributed by atoms with E-state index in [1.165, 1.54) is 22.0 Å². The van der Waals surface area contributed by atoms with E-state index in [1.54, 1.807) is 24.2 Å². The number of sulfonamides is 1. The van der Waals surface area contributed by atoms with E-state index in [2.05, 4.69) is 14.8 Å². The van der Waals surface area contributed by atoms with Crippen LogP contribution in [0.1, 0.15) is 40.9 Å². The van der Waals surface area contributed by atoms with Gasteiger partial charge in [0.05, 0.1) is 48.5 Å². The summed E-state index contributed by atoms with van der Waals surface area (Å²) in [7, 11) is -2.25. The minimum atomic E-state index is -3.85. The van der Waals surface area contributed by atoms with E-state index in [0.717, 1.165) is 44.3 Å². The number of nitrogens with one attached hydrogen (secondary N) is 1. The molecule has 14 heteroatoms. The number of methoxy groups -OCH3 is 1. The maximum atomic E-state index is 13.7. The van der Waals surface area contributed by atoms with Crippen LogP contribution in [0, 0.1) is 13.8 Å². The van der Waals surface area contributed by atoms with Crippen LogP contribution in [0.3, 0.4) is 0 Å². The van der Waals surface area contributed by atoms with E-state index in [0.29, 0.717) is 23.5 Å². The van der Waals surface area contributed by atoms with Crippen molar-refractivity contribution in [3.05, 3.63) is 60.4 Å². The average Bonchev–Trinajstić information content (AvgIpc) is 3.20. The molecule has 0 radical (unpaired) electrons. The Morgan fingerprint density at radius 1 is 1.16 bits per heavy atom. The highest BCUT2D eigenvalue weighted by Crippen LogP contribution is 2.37. The molecular formula is C23H28N6O5S3. The zero-order chi connectivity index (χ0) is 26.5. The monoisotopic (exact) mass is 564 g/mol. The summed E-state index contributed by atoms with van der Waals surface area (Å²) < 4.78 is 38.4. The zero-order valence-corrected chi connectivity index (χ0v) is 23.4. The number of fused-ring (bicyclic) bond motifs is 1. The Labute approximate surface area is 221 Å². The second-order valence-electron chi connectivity index (χ2n) is 9.56. The van der Waals surface area contributed by atoms with Gasteiger partial charge in [-0.15, -0.1) is 22.7 Å². The third kappa shape index (κ3) is 5.21. The summed E-state index contributed by atoms with van der Waals surface area (Å²) in [4.78, 5) is 32.9. The van der Waals surface area contributed by atoms with Crippen LogP contribution in [-0.2, 0) is 34.4 Å². The first-order chi connectivity index (χ1) is 17.5. The molecule has 0 bridgehead atoms. The Hall–Kier alpha value is -2.65. The quantitative estimate of drug-likeness (QED) is 0.312. The van der Waals surface area contributed by atoms with Crippen LogP contribution in [0.2, 0.25) is 0 Å². The molecule has 198 valence electrons. The van der Waals surface area contributed by atoms with Gasteiger partial charge in [0.15, 0.2) is 0 Å². The lowest BCUT2D eigenvalue weighted by molar-refractivity contribution is 0.183. The molecule has 0 aromatic carbocycles. The molecule has 1 saturated carbocycles. The second kappa shape index (κ2) is 9.58. The average molecular weight is 565 g/mol. The predicted octanol–water partition coefficient (Wildman–Crippen LogP) is 2.07. The minimum absolute atomic E-state index is 0.00946. The first-order valence-electron chi connectivity index (χ1n) is 11.7. The van der Waals surface area contributed by atoms with Crippen LogP contribution in [-0.4, -0.2) is 51.6 Å². The van der Waals surface area contributed by atoms with Crippen molar-refractivity contribution in [2.75, 3.05) is 13.7 Å². The molecule has 0 unspecified atom stereocenters. The standard InChI is InChI=1S/C23H28N6O5S3/c1-14-18(35-15(2)25-14)13-29-21-17(9-19(36-21)37(32,33)26-23(3)5-6-23)20(30)28(22(29)31)12-16-10-24-27(11-16)7-8-34-4/h9-11,26H,5-8,12-13H2,1-4H3. The molecular weight excluding hydrogens is 536 g/mol. The van der Waals surface area contributed by atoms with Gasteiger partial charge in [-0.05, 0) is 39.7 Å². The number of hydrogen-bond donors (Lipinski definition) is 1. The van der Waals surface area contributed by atoms with Crippen LogP contribution in [0.15, 0.2) is 32.3 Å². The van der Waals surface area contributed by atoms with Crippen molar-refractivity contribution >= 4 is 42.9 Å². The van der Waals surface area contributed by atoms with Gasteiger partial charge >= 0.3 is 5.69 Å². The van der Waals surface area contributed by atoms with Crippen molar-refractivity contribution in [1.29, 1.82) is 0 Å². The van der Waals surface area contributed by atoms with E-state index < -0.39 is 26.8 Å². The maximum absolute atomic E-state index is 13.7. The smallest absolute Gasteiger partial charge is 0.332 e. The predicted molar refractivity (Wildman–Crippen MR) is 142 cm³/mol. The highest BCUT2D eigenvalue weighted by Gasteiger charge is 2.41. The van der Waals surface area contributed by atoms with E-state index in [-0.39, 0.29) is 22.7 Å². The summed E-state index contributed by atoms with van der Waals surface area (Å²) in [6, 6.07) is 1.38. The molecule has 11 nitrogen and oxygen atoms in total. The molecule has 4 heterocycles. The van der Waals surface area contributed by atoms with Crippen LogP contribution < -0.4 is 16.0 Å². The van der Waals surface area contributed by atoms with Crippen molar-refractivity contribution in [3.8, 4) is 0 Å². The van der Waals surface area contributed by atoms with E-state index in [1.807, 2.05) is 20.8 Å². The fourth-order valence-corrected chi connectivity index (χ4v) is 7.92. The van der Waals surface area contributed by atoms with E-state index in [9.17, 15) is 18.0 Å². The zero-order valence-electron chi connectivity index (χ0n) is 21.0. The Bertz CT molecular complexity index is 1700. The van der Waals surface area contributed by atoms with Crippen molar-refractivity contribution in [2.24, 2.45) is 0 Å². The Morgan fingerprint density at radius 2 is 1.92 bits per heavy atom. The van der Waals surface area contributed by atoms with Crippen molar-refractivity contribution in [2.45, 2.75) is 63.0 Å². The number of thiophene rings is 1. The molecule has 5 rings (SSSR count). The number of hydrogen-bond acceptors (Lipinski definition) is 9. The van der Waals surface area contributed by atoms with Crippen LogP contribution in [0.5, 0.6) is 0 Å². The third-order valence-corrected chi connectivity index (χ3v) is 10.7. The van der Waals surface area contributed by atoms with E-state index >= 15 is 0 Å². The number of aryl methyl sites for hydroxylation is 2. The fraction of sp³-hybridized carbons (Fsp3) is 0.478. The van der Waals surface area contributed by atoms with Crippen LogP contribution >= 0.6 is 22.7 Å². The summed E-state index contributed by atoms with van der Waals surface area (Å²) >= 11 is 2.41. The molecule has 1 N–H and O–H groups in total. The first-order valence-corrected chi connectivity index (χ1v) is 14.9. The normalized spacial score (nSPS) is 15.0. The molecule has 0 atom stereocenters. The fourth-order valence-electron chi connectivity index (χ4n) is 4.09. The summed E-state index contributed by atoms with van der Waals surface area (Å²) in [6.07, 6.45) is 4.89. The van der Waals surface area contributed by atoms with Gasteiger partial charge in [0.1, 0.15) is 9.04 Å². The molecule has 4 aromatic heterocycles. The SMILES string of the molecule is COCCn1cc(Cn2c(=O)c3cc(S(=O)(=O)NC4(C)CC4)sc3n(Cc3sc(C)nc3C)c2=O)cn1. The molecule has 1 fully saturated rings. The third-order valence-electron chi connectivity index (χ3n) is 6.37. The van der Waals surface area contributed by atoms with Gasteiger partial charge < -0.3 is 4.74 Å². The molecule has 1 aliphatic rings. The highest BCUT2D eigenvalue weighted by molar-refractivity contribution is 7.91. The minimum Gasteiger partial charge on any atom is -0.383 e. The van der Waals surface area contributed by atoms with Gasteiger partial charge in [0.25, 0.3) is 15.6 Å². The number of aromatic nitrogens is 5. The van der Waals surface area contributed by atoms with E-state index in [4.69, 9.17) is 4.74 Å².